The molecular weight excluding hydrogens is 188 g/mol. The minimum atomic E-state index is -0.0322. The average Bonchev–Trinajstić information content (AvgIpc) is 2.87. The summed E-state index contributed by atoms with van der Waals surface area (Å²) in [5.41, 5.74) is 0.282. The van der Waals surface area contributed by atoms with Crippen molar-refractivity contribution in [3.05, 3.63) is 0 Å². The molecule has 0 amide bonds. The summed E-state index contributed by atoms with van der Waals surface area (Å²) in [7, 11) is 2.19. The Morgan fingerprint density at radius 3 is 2.80 bits per heavy atom. The Morgan fingerprint density at radius 2 is 2.20 bits per heavy atom. The Kier molecular flexibility index (Phi) is 2.31. The Labute approximate surface area is 91.8 Å². The van der Waals surface area contributed by atoms with E-state index in [4.69, 9.17) is 0 Å². The van der Waals surface area contributed by atoms with Gasteiger partial charge in [-0.1, -0.05) is 0 Å². The number of piperidine rings is 1. The first-order valence-corrected chi connectivity index (χ1v) is 6.29. The predicted octanol–water partition coefficient (Wildman–Crippen LogP) is 0.299. The molecule has 1 saturated carbocycles. The second-order valence-corrected chi connectivity index (χ2v) is 5.91. The zero-order chi connectivity index (χ0) is 10.5. The summed E-state index contributed by atoms with van der Waals surface area (Å²) in [4.78, 5) is 2.39. The standard InChI is InChI=1S/C12H22N2O/c1-14-5-2-9(7-14)10-6-13-8-12(3-4-12)11(10)15/h9-11,13,15H,2-8H2,1H3. The number of likely N-dealkylation sites (tertiary alicyclic amines) is 1. The lowest BCUT2D eigenvalue weighted by atomic mass is 9.77. The molecule has 3 atom stereocenters. The molecule has 0 aromatic carbocycles. The van der Waals surface area contributed by atoms with Crippen molar-refractivity contribution < 1.29 is 5.11 Å². The van der Waals surface area contributed by atoms with Crippen molar-refractivity contribution >= 4 is 0 Å². The van der Waals surface area contributed by atoms with Gasteiger partial charge in [0.25, 0.3) is 0 Å². The largest absolute Gasteiger partial charge is 0.392 e. The van der Waals surface area contributed by atoms with E-state index in [0.717, 1.165) is 19.0 Å². The summed E-state index contributed by atoms with van der Waals surface area (Å²) in [5.74, 6) is 1.22. The second-order valence-electron chi connectivity index (χ2n) is 5.91. The molecule has 2 heterocycles. The van der Waals surface area contributed by atoms with E-state index in [1.807, 2.05) is 0 Å². The molecule has 15 heavy (non-hydrogen) atoms. The van der Waals surface area contributed by atoms with Crippen LogP contribution in [0.3, 0.4) is 0 Å². The molecule has 3 rings (SSSR count). The first-order valence-electron chi connectivity index (χ1n) is 6.29. The van der Waals surface area contributed by atoms with Crippen LogP contribution in [0.5, 0.6) is 0 Å². The normalized spacial score (nSPS) is 44.8. The van der Waals surface area contributed by atoms with Gasteiger partial charge in [0.05, 0.1) is 6.10 Å². The molecule has 86 valence electrons. The van der Waals surface area contributed by atoms with Crippen molar-refractivity contribution in [1.29, 1.82) is 0 Å². The van der Waals surface area contributed by atoms with Gasteiger partial charge in [-0.3, -0.25) is 0 Å². The molecule has 1 aliphatic carbocycles. The van der Waals surface area contributed by atoms with Crippen LogP contribution in [0.15, 0.2) is 0 Å². The SMILES string of the molecule is CN1CCC(C2CNCC3(CC3)C2O)C1. The summed E-state index contributed by atoms with van der Waals surface area (Å²) < 4.78 is 0. The van der Waals surface area contributed by atoms with Crippen molar-refractivity contribution in [1.82, 2.24) is 10.2 Å². The Balaban J connectivity index is 1.69. The van der Waals surface area contributed by atoms with E-state index >= 15 is 0 Å². The van der Waals surface area contributed by atoms with Gasteiger partial charge in [-0.15, -0.1) is 0 Å². The van der Waals surface area contributed by atoms with Gasteiger partial charge in [-0.2, -0.15) is 0 Å². The highest BCUT2D eigenvalue weighted by Gasteiger charge is 2.54. The molecule has 1 spiro atoms. The summed E-state index contributed by atoms with van der Waals surface area (Å²) in [6.07, 6.45) is 3.71. The van der Waals surface area contributed by atoms with E-state index in [1.165, 1.54) is 32.4 Å². The maximum Gasteiger partial charge on any atom is 0.0651 e. The van der Waals surface area contributed by atoms with Gasteiger partial charge in [0.15, 0.2) is 0 Å². The van der Waals surface area contributed by atoms with E-state index in [9.17, 15) is 5.11 Å². The van der Waals surface area contributed by atoms with E-state index < -0.39 is 0 Å². The molecule has 0 aromatic heterocycles. The van der Waals surface area contributed by atoms with Crippen molar-refractivity contribution in [2.45, 2.75) is 25.4 Å². The van der Waals surface area contributed by atoms with Crippen LogP contribution >= 0.6 is 0 Å². The summed E-state index contributed by atoms with van der Waals surface area (Å²) in [6.45, 7) is 4.47. The zero-order valence-electron chi connectivity index (χ0n) is 9.58. The number of rotatable bonds is 1. The van der Waals surface area contributed by atoms with Crippen molar-refractivity contribution in [3.8, 4) is 0 Å². The lowest BCUT2D eigenvalue weighted by molar-refractivity contribution is -0.00919. The minimum Gasteiger partial charge on any atom is -0.392 e. The topological polar surface area (TPSA) is 35.5 Å². The third-order valence-corrected chi connectivity index (χ3v) is 4.82. The highest BCUT2D eigenvalue weighted by molar-refractivity contribution is 5.07. The molecule has 2 aliphatic heterocycles. The molecule has 3 unspecified atom stereocenters. The third-order valence-electron chi connectivity index (χ3n) is 4.82. The fourth-order valence-electron chi connectivity index (χ4n) is 3.53. The van der Waals surface area contributed by atoms with Crippen LogP contribution in [0.2, 0.25) is 0 Å². The molecule has 2 saturated heterocycles. The molecule has 0 bridgehead atoms. The Morgan fingerprint density at radius 1 is 1.40 bits per heavy atom. The average molecular weight is 210 g/mol. The highest BCUT2D eigenvalue weighted by atomic mass is 16.3. The van der Waals surface area contributed by atoms with Crippen molar-refractivity contribution in [3.63, 3.8) is 0 Å². The zero-order valence-corrected chi connectivity index (χ0v) is 9.58. The first-order chi connectivity index (χ1) is 7.21. The number of aliphatic hydroxyl groups excluding tert-OH is 1. The van der Waals surface area contributed by atoms with E-state index in [-0.39, 0.29) is 11.5 Å². The van der Waals surface area contributed by atoms with Crippen LogP contribution < -0.4 is 5.32 Å². The monoisotopic (exact) mass is 210 g/mol. The maximum absolute atomic E-state index is 10.4. The van der Waals surface area contributed by atoms with Crippen molar-refractivity contribution in [2.75, 3.05) is 33.2 Å². The molecule has 2 N–H and O–H groups in total. The summed E-state index contributed by atoms with van der Waals surface area (Å²) in [5, 5.41) is 14.0. The van der Waals surface area contributed by atoms with Crippen LogP contribution in [0, 0.1) is 17.3 Å². The van der Waals surface area contributed by atoms with Gasteiger partial charge in [-0.25, -0.2) is 0 Å². The maximum atomic E-state index is 10.4. The smallest absolute Gasteiger partial charge is 0.0651 e. The van der Waals surface area contributed by atoms with Crippen LogP contribution in [-0.4, -0.2) is 49.3 Å². The van der Waals surface area contributed by atoms with Gasteiger partial charge in [0.1, 0.15) is 0 Å². The number of hydrogen-bond acceptors (Lipinski definition) is 3. The van der Waals surface area contributed by atoms with E-state index in [2.05, 4.69) is 17.3 Å². The van der Waals surface area contributed by atoms with Gasteiger partial charge in [-0.05, 0) is 38.8 Å². The number of aliphatic hydroxyl groups is 1. The fourth-order valence-corrected chi connectivity index (χ4v) is 3.53. The molecule has 3 aliphatic rings. The quantitative estimate of drug-likeness (QED) is 0.653. The lowest BCUT2D eigenvalue weighted by Gasteiger charge is -2.39. The van der Waals surface area contributed by atoms with Gasteiger partial charge in [0.2, 0.25) is 0 Å². The molecule has 3 heteroatoms. The Bertz CT molecular complexity index is 252. The van der Waals surface area contributed by atoms with Crippen LogP contribution in [-0.2, 0) is 0 Å². The van der Waals surface area contributed by atoms with Gasteiger partial charge in [0, 0.05) is 31.0 Å². The van der Waals surface area contributed by atoms with Crippen LogP contribution in [0.1, 0.15) is 19.3 Å². The predicted molar refractivity (Wildman–Crippen MR) is 59.6 cm³/mol. The van der Waals surface area contributed by atoms with Crippen LogP contribution in [0.25, 0.3) is 0 Å². The lowest BCUT2D eigenvalue weighted by Crippen LogP contribution is -2.51. The molecule has 0 aromatic rings. The fraction of sp³-hybridized carbons (Fsp3) is 1.00. The van der Waals surface area contributed by atoms with Gasteiger partial charge >= 0.3 is 0 Å². The minimum absolute atomic E-state index is 0.0322. The second kappa shape index (κ2) is 3.44. The first kappa shape index (κ1) is 10.1. The summed E-state index contributed by atoms with van der Waals surface area (Å²) in [6, 6.07) is 0. The number of hydrogen-bond donors (Lipinski definition) is 2. The molecular formula is C12H22N2O. The van der Waals surface area contributed by atoms with Crippen molar-refractivity contribution in [2.24, 2.45) is 17.3 Å². The number of nitrogens with zero attached hydrogens (tertiary/aromatic N) is 1. The molecule has 0 radical (unpaired) electrons. The van der Waals surface area contributed by atoms with E-state index in [0.29, 0.717) is 5.92 Å². The van der Waals surface area contributed by atoms with Crippen LogP contribution in [0.4, 0.5) is 0 Å². The number of nitrogens with one attached hydrogen (secondary N) is 1. The Hall–Kier alpha value is -0.120. The molecule has 3 fully saturated rings. The van der Waals surface area contributed by atoms with Gasteiger partial charge < -0.3 is 15.3 Å². The van der Waals surface area contributed by atoms with E-state index in [1.54, 1.807) is 0 Å². The molecule has 3 nitrogen and oxygen atoms in total. The summed E-state index contributed by atoms with van der Waals surface area (Å²) >= 11 is 0. The highest BCUT2D eigenvalue weighted by Crippen LogP contribution is 2.53. The third kappa shape index (κ3) is 1.61.